The van der Waals surface area contributed by atoms with Crippen molar-refractivity contribution in [3.05, 3.63) is 34.7 Å². The van der Waals surface area contributed by atoms with Crippen molar-refractivity contribution in [2.75, 3.05) is 0 Å². The summed E-state index contributed by atoms with van der Waals surface area (Å²) in [5, 5.41) is 16.2. The maximum absolute atomic E-state index is 11.1. The van der Waals surface area contributed by atoms with Crippen LogP contribution >= 0.6 is 0 Å². The second-order valence-corrected chi connectivity index (χ2v) is 2.47. The Morgan fingerprint density at radius 3 is 3.08 bits per heavy atom. The Morgan fingerprint density at radius 1 is 1.42 bits per heavy atom. The van der Waals surface area contributed by atoms with E-state index in [9.17, 15) is 4.79 Å². The van der Waals surface area contributed by atoms with Crippen molar-refractivity contribution in [3.8, 4) is 5.75 Å². The lowest BCUT2D eigenvalue weighted by Gasteiger charge is -1.94. The first-order valence-electron chi connectivity index (χ1n) is 3.44. The van der Waals surface area contributed by atoms with E-state index in [1.54, 1.807) is 6.07 Å². The van der Waals surface area contributed by atoms with Crippen LogP contribution in [-0.4, -0.2) is 15.3 Å². The highest BCUT2D eigenvalue weighted by molar-refractivity contribution is 5.81. The van der Waals surface area contributed by atoms with Gasteiger partial charge in [0.15, 0.2) is 0 Å². The summed E-state index contributed by atoms with van der Waals surface area (Å²) >= 11 is 0. The number of H-pyrrole nitrogens is 1. The number of aromatic hydroxyl groups is 1. The van der Waals surface area contributed by atoms with E-state index in [1.165, 1.54) is 18.3 Å². The summed E-state index contributed by atoms with van der Waals surface area (Å²) in [6.07, 6.45) is 1.50. The van der Waals surface area contributed by atoms with Gasteiger partial charge in [-0.25, -0.2) is 5.10 Å². The van der Waals surface area contributed by atoms with Crippen molar-refractivity contribution in [2.45, 2.75) is 0 Å². The average Bonchev–Trinajstić information content (AvgIpc) is 2.04. The summed E-state index contributed by atoms with van der Waals surface area (Å²) in [5.41, 5.74) is -0.243. The molecular weight excluding hydrogens is 156 g/mol. The molecule has 0 aliphatic carbocycles. The van der Waals surface area contributed by atoms with Gasteiger partial charge < -0.3 is 5.11 Å². The molecule has 1 heterocycles. The summed E-state index contributed by atoms with van der Waals surface area (Å²) < 4.78 is 0. The van der Waals surface area contributed by atoms with Crippen molar-refractivity contribution < 1.29 is 5.11 Å². The molecule has 4 nitrogen and oxygen atoms in total. The quantitative estimate of drug-likeness (QED) is 0.597. The fourth-order valence-corrected chi connectivity index (χ4v) is 1.08. The van der Waals surface area contributed by atoms with Gasteiger partial charge in [-0.05, 0) is 18.2 Å². The van der Waals surface area contributed by atoms with Crippen LogP contribution in [0.3, 0.4) is 0 Å². The molecule has 12 heavy (non-hydrogen) atoms. The first-order valence-corrected chi connectivity index (χ1v) is 3.44. The monoisotopic (exact) mass is 162 g/mol. The molecule has 0 saturated carbocycles. The van der Waals surface area contributed by atoms with E-state index in [0.717, 1.165) is 0 Å². The first kappa shape index (κ1) is 6.84. The zero-order valence-electron chi connectivity index (χ0n) is 6.11. The van der Waals surface area contributed by atoms with Crippen LogP contribution in [0.15, 0.2) is 29.2 Å². The topological polar surface area (TPSA) is 66.0 Å². The normalized spacial score (nSPS) is 10.3. The van der Waals surface area contributed by atoms with E-state index in [4.69, 9.17) is 5.11 Å². The Bertz CT molecular complexity index is 476. The van der Waals surface area contributed by atoms with Crippen molar-refractivity contribution >= 4 is 10.8 Å². The molecule has 60 valence electrons. The molecule has 2 aromatic rings. The summed E-state index contributed by atoms with van der Waals surface area (Å²) in [5.74, 6) is 0.134. The van der Waals surface area contributed by atoms with Crippen LogP contribution in [0.4, 0.5) is 0 Å². The van der Waals surface area contributed by atoms with Gasteiger partial charge in [0.2, 0.25) is 0 Å². The van der Waals surface area contributed by atoms with Crippen molar-refractivity contribution in [1.82, 2.24) is 10.2 Å². The van der Waals surface area contributed by atoms with Crippen LogP contribution in [0.1, 0.15) is 0 Å². The number of rotatable bonds is 0. The van der Waals surface area contributed by atoms with E-state index >= 15 is 0 Å². The highest BCUT2D eigenvalue weighted by Crippen LogP contribution is 2.14. The third-order valence-electron chi connectivity index (χ3n) is 1.65. The molecule has 0 atom stereocenters. The van der Waals surface area contributed by atoms with Crippen molar-refractivity contribution in [1.29, 1.82) is 0 Å². The Kier molecular flexibility index (Phi) is 1.33. The highest BCUT2D eigenvalue weighted by atomic mass is 16.3. The number of nitrogens with zero attached hydrogens (tertiary/aromatic N) is 1. The van der Waals surface area contributed by atoms with E-state index in [-0.39, 0.29) is 11.3 Å². The lowest BCUT2D eigenvalue weighted by atomic mass is 10.2. The maximum atomic E-state index is 11.1. The molecule has 0 unspecified atom stereocenters. The summed E-state index contributed by atoms with van der Waals surface area (Å²) in [6, 6.07) is 4.53. The minimum Gasteiger partial charge on any atom is -0.508 e. The highest BCUT2D eigenvalue weighted by Gasteiger charge is 1.97. The number of aromatic nitrogens is 2. The van der Waals surface area contributed by atoms with Crippen LogP contribution in [0.2, 0.25) is 0 Å². The van der Waals surface area contributed by atoms with Crippen LogP contribution in [0.25, 0.3) is 10.8 Å². The molecule has 0 radical (unpaired) electrons. The largest absolute Gasteiger partial charge is 0.508 e. The smallest absolute Gasteiger partial charge is 0.272 e. The van der Waals surface area contributed by atoms with Gasteiger partial charge in [0.25, 0.3) is 5.56 Å². The van der Waals surface area contributed by atoms with Gasteiger partial charge >= 0.3 is 0 Å². The fourth-order valence-electron chi connectivity index (χ4n) is 1.08. The number of benzene rings is 1. The lowest BCUT2D eigenvalue weighted by molar-refractivity contribution is 0.476. The Balaban J connectivity index is 2.96. The molecule has 0 spiro atoms. The van der Waals surface area contributed by atoms with E-state index < -0.39 is 0 Å². The first-order chi connectivity index (χ1) is 5.77. The molecular formula is C8H6N2O2. The predicted octanol–water partition coefficient (Wildman–Crippen LogP) is 0.629. The molecule has 1 aromatic carbocycles. The van der Waals surface area contributed by atoms with Crippen LogP contribution < -0.4 is 5.56 Å². The predicted molar refractivity (Wildman–Crippen MR) is 44.0 cm³/mol. The van der Waals surface area contributed by atoms with Gasteiger partial charge in [0, 0.05) is 5.39 Å². The van der Waals surface area contributed by atoms with E-state index in [1.807, 2.05) is 0 Å². The van der Waals surface area contributed by atoms with Crippen molar-refractivity contribution in [3.63, 3.8) is 0 Å². The Labute approximate surface area is 67.5 Å². The molecule has 4 heteroatoms. The van der Waals surface area contributed by atoms with Gasteiger partial charge in [0.1, 0.15) is 5.75 Å². The number of hydrogen-bond acceptors (Lipinski definition) is 3. The number of aromatic amines is 1. The van der Waals surface area contributed by atoms with Gasteiger partial charge in [-0.1, -0.05) is 0 Å². The van der Waals surface area contributed by atoms with E-state index in [0.29, 0.717) is 10.8 Å². The van der Waals surface area contributed by atoms with Gasteiger partial charge in [-0.2, -0.15) is 5.10 Å². The zero-order valence-corrected chi connectivity index (χ0v) is 6.11. The standard InChI is InChI=1S/C8H6N2O2/c11-6-1-2-7-5(3-6)4-9-10-8(7)12/h1-4,11H,(H,10,12). The van der Waals surface area contributed by atoms with Crippen LogP contribution in [-0.2, 0) is 0 Å². The van der Waals surface area contributed by atoms with Crippen molar-refractivity contribution in [2.24, 2.45) is 0 Å². The molecule has 0 saturated heterocycles. The zero-order chi connectivity index (χ0) is 8.55. The molecule has 1 aromatic heterocycles. The number of hydrogen-bond donors (Lipinski definition) is 2. The minimum absolute atomic E-state index is 0.134. The molecule has 0 aliphatic rings. The molecule has 0 aliphatic heterocycles. The molecule has 2 rings (SSSR count). The maximum Gasteiger partial charge on any atom is 0.272 e. The SMILES string of the molecule is O=c1[nH]ncc2cc(O)ccc12. The summed E-state index contributed by atoms with van der Waals surface area (Å²) in [4.78, 5) is 11.1. The van der Waals surface area contributed by atoms with Crippen LogP contribution in [0, 0.1) is 0 Å². The minimum atomic E-state index is -0.243. The Morgan fingerprint density at radius 2 is 2.25 bits per heavy atom. The summed E-state index contributed by atoms with van der Waals surface area (Å²) in [6.45, 7) is 0. The molecule has 0 amide bonds. The van der Waals surface area contributed by atoms with E-state index in [2.05, 4.69) is 10.2 Å². The third-order valence-corrected chi connectivity index (χ3v) is 1.65. The number of fused-ring (bicyclic) bond motifs is 1. The fraction of sp³-hybridized carbons (Fsp3) is 0. The number of nitrogens with one attached hydrogen (secondary N) is 1. The number of phenols is 1. The second-order valence-electron chi connectivity index (χ2n) is 2.47. The van der Waals surface area contributed by atoms with Gasteiger partial charge in [-0.3, -0.25) is 4.79 Å². The third kappa shape index (κ3) is 0.934. The summed E-state index contributed by atoms with van der Waals surface area (Å²) in [7, 11) is 0. The average molecular weight is 162 g/mol. The lowest BCUT2D eigenvalue weighted by Crippen LogP contribution is -2.06. The molecule has 0 fully saturated rings. The van der Waals surface area contributed by atoms with Crippen LogP contribution in [0.5, 0.6) is 5.75 Å². The number of phenolic OH excluding ortho intramolecular Hbond substituents is 1. The second kappa shape index (κ2) is 2.34. The molecule has 2 N–H and O–H groups in total. The van der Waals surface area contributed by atoms with Gasteiger partial charge in [-0.15, -0.1) is 0 Å². The Hall–Kier alpha value is -1.84. The van der Waals surface area contributed by atoms with Gasteiger partial charge in [0.05, 0.1) is 11.6 Å². The molecule has 0 bridgehead atoms.